The third kappa shape index (κ3) is 2.00. The first-order valence-corrected chi connectivity index (χ1v) is 6.03. The first-order chi connectivity index (χ1) is 9.16. The van der Waals surface area contributed by atoms with Crippen molar-refractivity contribution >= 4 is 23.1 Å². The number of benzene rings is 2. The van der Waals surface area contributed by atoms with Crippen molar-refractivity contribution in [1.29, 1.82) is 0 Å². The molecule has 1 aliphatic rings. The van der Waals surface area contributed by atoms with Gasteiger partial charge in [0.2, 0.25) is 6.79 Å². The van der Waals surface area contributed by atoms with E-state index < -0.39 is 0 Å². The van der Waals surface area contributed by atoms with Gasteiger partial charge in [0.05, 0.1) is 5.02 Å². The van der Waals surface area contributed by atoms with Crippen molar-refractivity contribution in [3.8, 4) is 11.5 Å². The Kier molecular flexibility index (Phi) is 2.80. The quantitative estimate of drug-likeness (QED) is 0.676. The Morgan fingerprint density at radius 3 is 2.53 bits per heavy atom. The third-order valence-electron chi connectivity index (χ3n) is 2.91. The highest BCUT2D eigenvalue weighted by Crippen LogP contribution is 2.37. The number of anilines is 1. The van der Waals surface area contributed by atoms with Gasteiger partial charge in [0.15, 0.2) is 17.3 Å². The highest BCUT2D eigenvalue weighted by Gasteiger charge is 2.21. The van der Waals surface area contributed by atoms with E-state index in [1.54, 1.807) is 36.4 Å². The molecule has 0 radical (unpaired) electrons. The Labute approximate surface area is 114 Å². The van der Waals surface area contributed by atoms with Gasteiger partial charge >= 0.3 is 0 Å². The van der Waals surface area contributed by atoms with Crippen LogP contribution < -0.4 is 15.2 Å². The van der Waals surface area contributed by atoms with Crippen LogP contribution in [0.5, 0.6) is 11.5 Å². The van der Waals surface area contributed by atoms with Crippen molar-refractivity contribution in [2.75, 3.05) is 12.5 Å². The monoisotopic (exact) mass is 275 g/mol. The second-order valence-electron chi connectivity index (χ2n) is 4.10. The largest absolute Gasteiger partial charge is 0.454 e. The Morgan fingerprint density at radius 2 is 1.79 bits per heavy atom. The van der Waals surface area contributed by atoms with Gasteiger partial charge in [0.25, 0.3) is 0 Å². The summed E-state index contributed by atoms with van der Waals surface area (Å²) in [6.45, 7) is 0.137. The molecular weight excluding hydrogens is 266 g/mol. The van der Waals surface area contributed by atoms with E-state index >= 15 is 0 Å². The van der Waals surface area contributed by atoms with Crippen LogP contribution in [-0.4, -0.2) is 12.6 Å². The highest BCUT2D eigenvalue weighted by atomic mass is 35.5. The lowest BCUT2D eigenvalue weighted by Gasteiger charge is -2.07. The van der Waals surface area contributed by atoms with Crippen LogP contribution in [-0.2, 0) is 0 Å². The molecule has 0 spiro atoms. The van der Waals surface area contributed by atoms with Crippen LogP contribution in [0.15, 0.2) is 36.4 Å². The van der Waals surface area contributed by atoms with Crippen molar-refractivity contribution in [2.45, 2.75) is 0 Å². The molecule has 0 amide bonds. The molecule has 0 aromatic heterocycles. The number of ketones is 1. The van der Waals surface area contributed by atoms with Gasteiger partial charge < -0.3 is 15.2 Å². The van der Waals surface area contributed by atoms with Gasteiger partial charge in [-0.3, -0.25) is 4.79 Å². The van der Waals surface area contributed by atoms with Crippen molar-refractivity contribution in [3.63, 3.8) is 0 Å². The molecule has 5 heteroatoms. The fourth-order valence-corrected chi connectivity index (χ4v) is 2.17. The lowest BCUT2D eigenvalue weighted by atomic mass is 10.0. The summed E-state index contributed by atoms with van der Waals surface area (Å²) in [4.78, 5) is 12.4. The number of nitrogen functional groups attached to an aromatic ring is 1. The Hall–Kier alpha value is -2.20. The van der Waals surface area contributed by atoms with Crippen LogP contribution in [0.3, 0.4) is 0 Å². The number of rotatable bonds is 2. The predicted octanol–water partition coefficient (Wildman–Crippen LogP) is 2.88. The zero-order valence-electron chi connectivity index (χ0n) is 9.85. The summed E-state index contributed by atoms with van der Waals surface area (Å²) in [5.74, 6) is 0.833. The number of hydrogen-bond donors (Lipinski definition) is 1. The normalized spacial score (nSPS) is 12.5. The summed E-state index contributed by atoms with van der Waals surface area (Å²) in [6, 6.07) is 10.0. The maximum Gasteiger partial charge on any atom is 0.231 e. The van der Waals surface area contributed by atoms with E-state index in [0.29, 0.717) is 33.3 Å². The molecule has 0 atom stereocenters. The minimum Gasteiger partial charge on any atom is -0.454 e. The van der Waals surface area contributed by atoms with Gasteiger partial charge in [0.1, 0.15) is 0 Å². The minimum absolute atomic E-state index is 0.137. The number of fused-ring (bicyclic) bond motifs is 1. The summed E-state index contributed by atoms with van der Waals surface area (Å²) in [6.07, 6.45) is 0. The van der Waals surface area contributed by atoms with Gasteiger partial charge in [-0.2, -0.15) is 0 Å². The summed E-state index contributed by atoms with van der Waals surface area (Å²) in [5, 5.41) is 0.393. The molecule has 1 heterocycles. The SMILES string of the molecule is Nc1cc2c(cc1C(=O)c1ccccc1Cl)OCO2. The minimum atomic E-state index is -0.235. The topological polar surface area (TPSA) is 61.6 Å². The summed E-state index contributed by atoms with van der Waals surface area (Å²) in [5.41, 5.74) is 6.99. The maximum atomic E-state index is 12.4. The number of hydrogen-bond acceptors (Lipinski definition) is 4. The molecule has 0 saturated carbocycles. The number of carbonyl (C=O) groups excluding carboxylic acids is 1. The summed E-state index contributed by atoms with van der Waals surface area (Å²) < 4.78 is 10.5. The average molecular weight is 276 g/mol. The van der Waals surface area contributed by atoms with Gasteiger partial charge in [-0.05, 0) is 18.2 Å². The lowest BCUT2D eigenvalue weighted by Crippen LogP contribution is -2.06. The van der Waals surface area contributed by atoms with Crippen LogP contribution in [0, 0.1) is 0 Å². The van der Waals surface area contributed by atoms with Crippen molar-refractivity contribution in [2.24, 2.45) is 0 Å². The number of nitrogens with two attached hydrogens (primary N) is 1. The number of ether oxygens (including phenoxy) is 2. The molecule has 3 rings (SSSR count). The standard InChI is InChI=1S/C14H10ClNO3/c15-10-4-2-1-3-8(10)14(17)9-5-12-13(6-11(9)16)19-7-18-12/h1-6H,7,16H2. The van der Waals surface area contributed by atoms with Crippen molar-refractivity contribution in [1.82, 2.24) is 0 Å². The molecule has 1 aliphatic heterocycles. The lowest BCUT2D eigenvalue weighted by molar-refractivity contribution is 0.103. The van der Waals surface area contributed by atoms with Crippen LogP contribution >= 0.6 is 11.6 Å². The van der Waals surface area contributed by atoms with E-state index in [1.807, 2.05) is 0 Å². The molecule has 0 fully saturated rings. The van der Waals surface area contributed by atoms with Crippen molar-refractivity contribution < 1.29 is 14.3 Å². The Bertz CT molecular complexity index is 670. The fourth-order valence-electron chi connectivity index (χ4n) is 1.94. The van der Waals surface area contributed by atoms with E-state index in [-0.39, 0.29) is 12.6 Å². The Morgan fingerprint density at radius 1 is 1.11 bits per heavy atom. The molecule has 0 aliphatic carbocycles. The van der Waals surface area contributed by atoms with Crippen molar-refractivity contribution in [3.05, 3.63) is 52.5 Å². The molecule has 0 saturated heterocycles. The van der Waals surface area contributed by atoms with Gasteiger partial charge in [-0.1, -0.05) is 23.7 Å². The fraction of sp³-hybridized carbons (Fsp3) is 0.0714. The molecule has 2 N–H and O–H groups in total. The van der Waals surface area contributed by atoms with Crippen LogP contribution in [0.2, 0.25) is 5.02 Å². The second kappa shape index (κ2) is 4.48. The van der Waals surface area contributed by atoms with E-state index in [2.05, 4.69) is 0 Å². The first kappa shape index (κ1) is 11.9. The Balaban J connectivity index is 2.08. The molecule has 0 unspecified atom stereocenters. The van der Waals surface area contributed by atoms with E-state index in [4.69, 9.17) is 26.8 Å². The summed E-state index contributed by atoms with van der Waals surface area (Å²) >= 11 is 6.02. The van der Waals surface area contributed by atoms with E-state index in [1.165, 1.54) is 0 Å². The highest BCUT2D eigenvalue weighted by molar-refractivity contribution is 6.35. The smallest absolute Gasteiger partial charge is 0.231 e. The molecule has 96 valence electrons. The van der Waals surface area contributed by atoms with Crippen LogP contribution in [0.25, 0.3) is 0 Å². The number of carbonyl (C=O) groups is 1. The molecule has 0 bridgehead atoms. The molecule has 4 nitrogen and oxygen atoms in total. The van der Waals surface area contributed by atoms with E-state index in [9.17, 15) is 4.79 Å². The second-order valence-corrected chi connectivity index (χ2v) is 4.51. The molecule has 2 aromatic rings. The van der Waals surface area contributed by atoms with Gasteiger partial charge in [-0.15, -0.1) is 0 Å². The molecular formula is C14H10ClNO3. The molecule has 2 aromatic carbocycles. The molecule has 19 heavy (non-hydrogen) atoms. The first-order valence-electron chi connectivity index (χ1n) is 5.65. The van der Waals surface area contributed by atoms with Gasteiger partial charge in [-0.25, -0.2) is 0 Å². The zero-order chi connectivity index (χ0) is 13.4. The predicted molar refractivity (Wildman–Crippen MR) is 71.9 cm³/mol. The maximum absolute atomic E-state index is 12.4. The van der Waals surface area contributed by atoms with E-state index in [0.717, 1.165) is 0 Å². The zero-order valence-corrected chi connectivity index (χ0v) is 10.6. The summed E-state index contributed by atoms with van der Waals surface area (Å²) in [7, 11) is 0. The average Bonchev–Trinajstić information content (AvgIpc) is 2.84. The van der Waals surface area contributed by atoms with Gasteiger partial charge in [0, 0.05) is 22.9 Å². The number of halogens is 1. The van der Waals surface area contributed by atoms with Crippen LogP contribution in [0.1, 0.15) is 15.9 Å². The van der Waals surface area contributed by atoms with Crippen LogP contribution in [0.4, 0.5) is 5.69 Å². The third-order valence-corrected chi connectivity index (χ3v) is 3.24.